The molecule has 0 amide bonds. The summed E-state index contributed by atoms with van der Waals surface area (Å²) in [5.74, 6) is 0.708. The number of hydrogen-bond acceptors (Lipinski definition) is 4. The molecule has 1 saturated heterocycles. The average molecular weight is 229 g/mol. The van der Waals surface area contributed by atoms with Gasteiger partial charge in [0.15, 0.2) is 0 Å². The van der Waals surface area contributed by atoms with Gasteiger partial charge in [-0.2, -0.15) is 0 Å². The maximum absolute atomic E-state index is 9.97. The van der Waals surface area contributed by atoms with Gasteiger partial charge in [0.25, 0.3) is 0 Å². The minimum atomic E-state index is -0.763. The van der Waals surface area contributed by atoms with Crippen LogP contribution in [0.15, 0.2) is 18.3 Å². The molecule has 0 radical (unpaired) electrons. The highest BCUT2D eigenvalue weighted by Gasteiger charge is 2.31. The Kier molecular flexibility index (Phi) is 3.09. The van der Waals surface area contributed by atoms with E-state index in [9.17, 15) is 5.11 Å². The Labute approximate surface area is 93.2 Å². The lowest BCUT2D eigenvalue weighted by Crippen LogP contribution is -2.37. The van der Waals surface area contributed by atoms with Crippen LogP contribution in [0, 0.1) is 0 Å². The second kappa shape index (κ2) is 4.35. The minimum Gasteiger partial charge on any atom is -0.386 e. The predicted molar refractivity (Wildman–Crippen MR) is 58.1 cm³/mol. The Balaban J connectivity index is 1.90. The maximum atomic E-state index is 9.97. The SMILES string of the molecule is OC1(CNc2ccc(Cl)cn2)CCOC1. The van der Waals surface area contributed by atoms with Crippen molar-refractivity contribution in [1.29, 1.82) is 0 Å². The summed E-state index contributed by atoms with van der Waals surface area (Å²) in [5, 5.41) is 13.6. The van der Waals surface area contributed by atoms with Gasteiger partial charge in [-0.3, -0.25) is 0 Å². The zero-order valence-corrected chi connectivity index (χ0v) is 9.00. The van der Waals surface area contributed by atoms with E-state index in [1.54, 1.807) is 18.3 Å². The van der Waals surface area contributed by atoms with E-state index in [4.69, 9.17) is 16.3 Å². The Morgan fingerprint density at radius 1 is 1.60 bits per heavy atom. The molecule has 2 heterocycles. The molecule has 1 aromatic rings. The van der Waals surface area contributed by atoms with Gasteiger partial charge in [0.1, 0.15) is 11.4 Å². The maximum Gasteiger partial charge on any atom is 0.126 e. The van der Waals surface area contributed by atoms with Crippen molar-refractivity contribution in [2.24, 2.45) is 0 Å². The fraction of sp³-hybridized carbons (Fsp3) is 0.500. The van der Waals surface area contributed by atoms with E-state index in [1.807, 2.05) is 0 Å². The van der Waals surface area contributed by atoms with Gasteiger partial charge in [-0.1, -0.05) is 11.6 Å². The topological polar surface area (TPSA) is 54.4 Å². The molecule has 1 aliphatic rings. The van der Waals surface area contributed by atoms with E-state index in [1.165, 1.54) is 0 Å². The zero-order chi connectivity index (χ0) is 10.7. The molecule has 1 aromatic heterocycles. The highest BCUT2D eigenvalue weighted by Crippen LogP contribution is 2.19. The highest BCUT2D eigenvalue weighted by atomic mass is 35.5. The summed E-state index contributed by atoms with van der Waals surface area (Å²) in [6.07, 6.45) is 2.23. The number of nitrogens with one attached hydrogen (secondary N) is 1. The first kappa shape index (κ1) is 10.7. The van der Waals surface area contributed by atoms with Crippen LogP contribution in [0.25, 0.3) is 0 Å². The van der Waals surface area contributed by atoms with E-state index >= 15 is 0 Å². The van der Waals surface area contributed by atoms with E-state index < -0.39 is 5.60 Å². The fourth-order valence-corrected chi connectivity index (χ4v) is 1.58. The van der Waals surface area contributed by atoms with Gasteiger partial charge in [0, 0.05) is 25.8 Å². The van der Waals surface area contributed by atoms with Crippen LogP contribution in [0.1, 0.15) is 6.42 Å². The predicted octanol–water partition coefficient (Wildman–Crippen LogP) is 1.30. The van der Waals surface area contributed by atoms with Crippen LogP contribution in [0.2, 0.25) is 5.02 Å². The van der Waals surface area contributed by atoms with Crippen molar-refractivity contribution in [3.8, 4) is 0 Å². The number of halogens is 1. The molecule has 15 heavy (non-hydrogen) atoms. The number of rotatable bonds is 3. The van der Waals surface area contributed by atoms with Crippen LogP contribution < -0.4 is 5.32 Å². The zero-order valence-electron chi connectivity index (χ0n) is 8.24. The van der Waals surface area contributed by atoms with Gasteiger partial charge in [-0.15, -0.1) is 0 Å². The fourth-order valence-electron chi connectivity index (χ4n) is 1.47. The molecule has 5 heteroatoms. The quantitative estimate of drug-likeness (QED) is 0.819. The van der Waals surface area contributed by atoms with Crippen LogP contribution in [0.3, 0.4) is 0 Å². The summed E-state index contributed by atoms with van der Waals surface area (Å²) >= 11 is 5.71. The Hall–Kier alpha value is -0.840. The monoisotopic (exact) mass is 228 g/mol. The molecule has 2 N–H and O–H groups in total. The van der Waals surface area contributed by atoms with Gasteiger partial charge >= 0.3 is 0 Å². The van der Waals surface area contributed by atoms with E-state index in [0.717, 1.165) is 0 Å². The van der Waals surface area contributed by atoms with Gasteiger partial charge in [-0.25, -0.2) is 4.98 Å². The average Bonchev–Trinajstić information content (AvgIpc) is 2.65. The first-order valence-corrected chi connectivity index (χ1v) is 5.21. The summed E-state index contributed by atoms with van der Waals surface area (Å²) < 4.78 is 5.14. The largest absolute Gasteiger partial charge is 0.386 e. The molecule has 1 fully saturated rings. The van der Waals surface area contributed by atoms with Crippen molar-refractivity contribution in [3.63, 3.8) is 0 Å². The lowest BCUT2D eigenvalue weighted by atomic mass is 10.0. The van der Waals surface area contributed by atoms with E-state index in [-0.39, 0.29) is 0 Å². The lowest BCUT2D eigenvalue weighted by molar-refractivity contribution is 0.0381. The Morgan fingerprint density at radius 2 is 2.47 bits per heavy atom. The summed E-state index contributed by atoms with van der Waals surface area (Å²) in [5.41, 5.74) is -0.763. The third kappa shape index (κ3) is 2.81. The van der Waals surface area contributed by atoms with Crippen LogP contribution in [-0.4, -0.2) is 35.5 Å². The standard InChI is InChI=1S/C10H13ClN2O2/c11-8-1-2-9(12-5-8)13-6-10(14)3-4-15-7-10/h1-2,5,14H,3-4,6-7H2,(H,12,13). The number of ether oxygens (including phenoxy) is 1. The molecule has 0 bridgehead atoms. The number of pyridine rings is 1. The van der Waals surface area contributed by atoms with E-state index in [2.05, 4.69) is 10.3 Å². The smallest absolute Gasteiger partial charge is 0.126 e. The van der Waals surface area contributed by atoms with Crippen molar-refractivity contribution < 1.29 is 9.84 Å². The normalized spacial score (nSPS) is 25.5. The molecule has 0 spiro atoms. The second-order valence-electron chi connectivity index (χ2n) is 3.74. The van der Waals surface area contributed by atoms with E-state index in [0.29, 0.717) is 37.0 Å². The molecular formula is C10H13ClN2O2. The molecule has 2 rings (SSSR count). The first-order valence-electron chi connectivity index (χ1n) is 4.84. The third-order valence-corrected chi connectivity index (χ3v) is 2.63. The summed E-state index contributed by atoms with van der Waals surface area (Å²) in [4.78, 5) is 4.08. The van der Waals surface area contributed by atoms with Crippen molar-refractivity contribution in [3.05, 3.63) is 23.4 Å². The highest BCUT2D eigenvalue weighted by molar-refractivity contribution is 6.30. The van der Waals surface area contributed by atoms with Crippen LogP contribution in [0.4, 0.5) is 5.82 Å². The Morgan fingerprint density at radius 3 is 3.07 bits per heavy atom. The summed E-state index contributed by atoms with van der Waals surface area (Å²) in [6, 6.07) is 3.54. The molecule has 1 aliphatic heterocycles. The number of anilines is 1. The molecule has 0 aromatic carbocycles. The van der Waals surface area contributed by atoms with Crippen molar-refractivity contribution in [1.82, 2.24) is 4.98 Å². The summed E-state index contributed by atoms with van der Waals surface area (Å²) in [6.45, 7) is 1.45. The third-order valence-electron chi connectivity index (χ3n) is 2.41. The van der Waals surface area contributed by atoms with Crippen molar-refractivity contribution >= 4 is 17.4 Å². The number of aromatic nitrogens is 1. The molecular weight excluding hydrogens is 216 g/mol. The molecule has 4 nitrogen and oxygen atoms in total. The van der Waals surface area contributed by atoms with Crippen LogP contribution in [0.5, 0.6) is 0 Å². The number of aliphatic hydroxyl groups is 1. The van der Waals surface area contributed by atoms with Gasteiger partial charge in [0.05, 0.1) is 11.6 Å². The lowest BCUT2D eigenvalue weighted by Gasteiger charge is -2.20. The summed E-state index contributed by atoms with van der Waals surface area (Å²) in [7, 11) is 0. The number of hydrogen-bond donors (Lipinski definition) is 2. The van der Waals surface area contributed by atoms with Crippen molar-refractivity contribution in [2.45, 2.75) is 12.0 Å². The molecule has 0 aliphatic carbocycles. The molecule has 1 unspecified atom stereocenters. The van der Waals surface area contributed by atoms with Gasteiger partial charge in [0.2, 0.25) is 0 Å². The minimum absolute atomic E-state index is 0.383. The molecule has 1 atom stereocenters. The van der Waals surface area contributed by atoms with Crippen LogP contribution in [-0.2, 0) is 4.74 Å². The molecule has 0 saturated carbocycles. The van der Waals surface area contributed by atoms with Gasteiger partial charge in [-0.05, 0) is 12.1 Å². The van der Waals surface area contributed by atoms with Gasteiger partial charge < -0.3 is 15.2 Å². The molecule has 82 valence electrons. The van der Waals surface area contributed by atoms with Crippen molar-refractivity contribution in [2.75, 3.05) is 25.1 Å². The first-order chi connectivity index (χ1) is 7.18. The van der Waals surface area contributed by atoms with Crippen LogP contribution >= 0.6 is 11.6 Å². The second-order valence-corrected chi connectivity index (χ2v) is 4.18. The Bertz CT molecular complexity index is 323. The number of nitrogens with zero attached hydrogens (tertiary/aromatic N) is 1.